The van der Waals surface area contributed by atoms with Gasteiger partial charge in [-0.05, 0) is 42.8 Å². The number of alkyl halides is 3. The molecule has 1 N–H and O–H groups in total. The maximum atomic E-state index is 12.4. The summed E-state index contributed by atoms with van der Waals surface area (Å²) in [6.45, 7) is 3.44. The first kappa shape index (κ1) is 23.2. The van der Waals surface area contributed by atoms with Crippen molar-refractivity contribution in [2.75, 3.05) is 29.9 Å². The van der Waals surface area contributed by atoms with Gasteiger partial charge in [-0.2, -0.15) is 13.2 Å². The zero-order chi connectivity index (χ0) is 24.7. The molecule has 182 valence electrons. The molecular weight excluding hydrogens is 485 g/mol. The highest BCUT2D eigenvalue weighted by molar-refractivity contribution is 6.32. The van der Waals surface area contributed by atoms with Crippen molar-refractivity contribution in [3.05, 3.63) is 54.3 Å². The number of nitrogens with zero attached hydrogens (tertiary/aromatic N) is 5. The third kappa shape index (κ3) is 4.68. The quantitative estimate of drug-likeness (QED) is 0.500. The minimum atomic E-state index is -4.46. The highest BCUT2D eigenvalue weighted by Crippen LogP contribution is 2.36. The number of carbonyl (C=O) groups is 1. The van der Waals surface area contributed by atoms with E-state index in [4.69, 9.17) is 21.3 Å². The largest absolute Gasteiger partial charge is 0.483 e. The summed E-state index contributed by atoms with van der Waals surface area (Å²) < 4.78 is 42.0. The maximum Gasteiger partial charge on any atom is 0.422 e. The van der Waals surface area contributed by atoms with Crippen molar-refractivity contribution in [3.8, 4) is 5.75 Å². The molecule has 12 heteroatoms. The van der Waals surface area contributed by atoms with E-state index < -0.39 is 12.8 Å². The number of anilines is 3. The average molecular weight is 505 g/mol. The van der Waals surface area contributed by atoms with Gasteiger partial charge in [0.1, 0.15) is 23.4 Å². The average Bonchev–Trinajstić information content (AvgIpc) is 3.44. The summed E-state index contributed by atoms with van der Waals surface area (Å²) in [7, 11) is 0. The van der Waals surface area contributed by atoms with E-state index in [1.54, 1.807) is 6.07 Å². The van der Waals surface area contributed by atoms with Crippen LogP contribution in [0.5, 0.6) is 5.75 Å². The molecule has 3 aromatic rings. The Hall–Kier alpha value is -3.60. The van der Waals surface area contributed by atoms with Gasteiger partial charge in [-0.15, -0.1) is 0 Å². The fourth-order valence-corrected chi connectivity index (χ4v) is 4.74. The second-order valence-corrected chi connectivity index (χ2v) is 8.73. The topological polar surface area (TPSA) is 83.5 Å². The van der Waals surface area contributed by atoms with Crippen LogP contribution in [0.15, 0.2) is 49.3 Å². The molecule has 1 aromatic carbocycles. The number of halogens is 4. The lowest BCUT2D eigenvalue weighted by molar-refractivity contribution is -0.153. The van der Waals surface area contributed by atoms with E-state index in [0.29, 0.717) is 35.6 Å². The number of benzene rings is 1. The molecule has 2 aliphatic heterocycles. The molecule has 0 radical (unpaired) electrons. The van der Waals surface area contributed by atoms with Crippen LogP contribution in [0.3, 0.4) is 0 Å². The Balaban J connectivity index is 1.37. The molecule has 2 atom stereocenters. The fraction of sp³-hybridized carbons (Fsp3) is 0.304. The smallest absolute Gasteiger partial charge is 0.422 e. The number of nitrogens with one attached hydrogen (secondary N) is 1. The van der Waals surface area contributed by atoms with E-state index >= 15 is 0 Å². The normalized spacial score (nSPS) is 19.3. The Morgan fingerprint density at radius 2 is 2.06 bits per heavy atom. The number of pyridine rings is 1. The third-order valence-electron chi connectivity index (χ3n) is 6.05. The number of hydrogen-bond donors (Lipinski definition) is 1. The molecule has 1 amide bonds. The van der Waals surface area contributed by atoms with Gasteiger partial charge < -0.3 is 19.9 Å². The number of aromatic nitrogens is 3. The molecule has 2 saturated heterocycles. The summed E-state index contributed by atoms with van der Waals surface area (Å²) >= 11 is 6.11. The van der Waals surface area contributed by atoms with Crippen LogP contribution in [0.2, 0.25) is 5.02 Å². The summed E-state index contributed by atoms with van der Waals surface area (Å²) in [5.41, 5.74) is 1.65. The molecule has 0 spiro atoms. The van der Waals surface area contributed by atoms with Crippen LogP contribution in [0.1, 0.15) is 6.42 Å². The molecule has 0 saturated carbocycles. The number of rotatable bonds is 6. The van der Waals surface area contributed by atoms with Crippen molar-refractivity contribution in [2.24, 2.45) is 0 Å². The summed E-state index contributed by atoms with van der Waals surface area (Å²) in [6.07, 6.45) is -0.852. The van der Waals surface area contributed by atoms with Crippen molar-refractivity contribution in [3.63, 3.8) is 0 Å². The molecule has 4 heterocycles. The van der Waals surface area contributed by atoms with Crippen molar-refractivity contribution in [1.29, 1.82) is 0 Å². The van der Waals surface area contributed by atoms with Gasteiger partial charge in [0.25, 0.3) is 0 Å². The summed E-state index contributed by atoms with van der Waals surface area (Å²) in [5.74, 6) is 1.04. The number of carbonyl (C=O) groups excluding carboxylic acids is 1. The summed E-state index contributed by atoms with van der Waals surface area (Å²) in [5, 5.41) is 3.14. The van der Waals surface area contributed by atoms with Crippen LogP contribution in [0.25, 0.3) is 11.0 Å². The van der Waals surface area contributed by atoms with Gasteiger partial charge >= 0.3 is 6.18 Å². The molecular formula is C23H20ClF3N6O2. The van der Waals surface area contributed by atoms with Crippen molar-refractivity contribution < 1.29 is 22.7 Å². The second-order valence-electron chi connectivity index (χ2n) is 8.32. The molecule has 0 unspecified atom stereocenters. The third-order valence-corrected chi connectivity index (χ3v) is 6.34. The minimum Gasteiger partial charge on any atom is -0.483 e. The Morgan fingerprint density at radius 1 is 1.23 bits per heavy atom. The number of piperazine rings is 1. The molecule has 0 aliphatic carbocycles. The molecule has 2 bridgehead atoms. The number of likely N-dealkylation sites (tertiary alicyclic amines) is 1. The Kier molecular flexibility index (Phi) is 5.87. The van der Waals surface area contributed by atoms with E-state index in [2.05, 4.69) is 26.8 Å². The van der Waals surface area contributed by atoms with Gasteiger partial charge in [0, 0.05) is 18.8 Å². The Bertz CT molecular complexity index is 1300. The fourth-order valence-electron chi connectivity index (χ4n) is 4.51. The van der Waals surface area contributed by atoms with Crippen LogP contribution in [-0.4, -0.2) is 63.7 Å². The first-order chi connectivity index (χ1) is 16.7. The number of hydrogen-bond acceptors (Lipinski definition) is 7. The van der Waals surface area contributed by atoms with Crippen molar-refractivity contribution in [2.45, 2.75) is 24.7 Å². The van der Waals surface area contributed by atoms with E-state index in [-0.39, 0.29) is 28.8 Å². The van der Waals surface area contributed by atoms with Gasteiger partial charge in [0.2, 0.25) is 5.91 Å². The van der Waals surface area contributed by atoms with Crippen LogP contribution in [-0.2, 0) is 4.79 Å². The van der Waals surface area contributed by atoms with E-state index in [1.165, 1.54) is 24.5 Å². The lowest BCUT2D eigenvalue weighted by Gasteiger charge is -2.34. The maximum absolute atomic E-state index is 12.4. The minimum absolute atomic E-state index is 0.0259. The van der Waals surface area contributed by atoms with Gasteiger partial charge in [0.15, 0.2) is 12.4 Å². The van der Waals surface area contributed by atoms with Crippen LogP contribution in [0, 0.1) is 0 Å². The molecule has 2 fully saturated rings. The predicted octanol–water partition coefficient (Wildman–Crippen LogP) is 4.34. The number of ether oxygens (including phenoxy) is 1. The van der Waals surface area contributed by atoms with E-state index in [0.717, 1.165) is 12.2 Å². The van der Waals surface area contributed by atoms with Crippen molar-refractivity contribution in [1.82, 2.24) is 19.9 Å². The highest BCUT2D eigenvalue weighted by Gasteiger charge is 2.45. The van der Waals surface area contributed by atoms with E-state index in [1.807, 2.05) is 17.0 Å². The Labute approximate surface area is 203 Å². The van der Waals surface area contributed by atoms with Gasteiger partial charge in [-0.1, -0.05) is 18.2 Å². The standard InChI is InChI=1S/C23H20ClF3N6O2/c1-2-20(34)33-10-14-8-15(33)9-32(14)19-6-4-17-21(31-19)22(29-12-28-17)30-13-3-5-18(16(24)7-13)35-11-23(25,26)27/h2-7,12,14-15H,1,8-11H2,(H,28,29,30)/t14-,15-/m0/s1. The monoisotopic (exact) mass is 504 g/mol. The highest BCUT2D eigenvalue weighted by atomic mass is 35.5. The zero-order valence-electron chi connectivity index (χ0n) is 18.3. The molecule has 35 heavy (non-hydrogen) atoms. The first-order valence-electron chi connectivity index (χ1n) is 10.8. The number of fused-ring (bicyclic) bond motifs is 3. The second kappa shape index (κ2) is 8.88. The first-order valence-corrected chi connectivity index (χ1v) is 11.2. The van der Waals surface area contributed by atoms with Gasteiger partial charge in [-0.3, -0.25) is 4.79 Å². The Morgan fingerprint density at radius 3 is 2.74 bits per heavy atom. The molecule has 5 rings (SSSR count). The SMILES string of the molecule is C=CC(=O)N1C[C@@H]2C[C@H]1CN2c1ccc2ncnc(Nc3ccc(OCC(F)(F)F)c(Cl)c3)c2n1. The van der Waals surface area contributed by atoms with Gasteiger partial charge in [-0.25, -0.2) is 15.0 Å². The zero-order valence-corrected chi connectivity index (χ0v) is 19.1. The summed E-state index contributed by atoms with van der Waals surface area (Å²) in [4.78, 5) is 29.4. The van der Waals surface area contributed by atoms with Crippen LogP contribution < -0.4 is 15.0 Å². The molecule has 8 nitrogen and oxygen atoms in total. The van der Waals surface area contributed by atoms with Crippen LogP contribution >= 0.6 is 11.6 Å². The lowest BCUT2D eigenvalue weighted by Crippen LogP contribution is -2.48. The lowest BCUT2D eigenvalue weighted by atomic mass is 10.2. The molecule has 2 aliphatic rings. The predicted molar refractivity (Wildman–Crippen MR) is 125 cm³/mol. The van der Waals surface area contributed by atoms with Gasteiger partial charge in [0.05, 0.1) is 22.6 Å². The molecule has 2 aromatic heterocycles. The van der Waals surface area contributed by atoms with E-state index in [9.17, 15) is 18.0 Å². The van der Waals surface area contributed by atoms with Crippen LogP contribution in [0.4, 0.5) is 30.5 Å². The number of amides is 1. The summed E-state index contributed by atoms with van der Waals surface area (Å²) in [6, 6.07) is 8.38. The van der Waals surface area contributed by atoms with Crippen molar-refractivity contribution >= 4 is 45.9 Å².